The molecule has 6 nitrogen and oxygen atoms in total. The van der Waals surface area contributed by atoms with Crippen LogP contribution in [0.25, 0.3) is 0 Å². The molecule has 2 amide bonds. The molecule has 1 aliphatic rings. The minimum atomic E-state index is -4.18. The normalized spacial score (nSPS) is 15.9. The van der Waals surface area contributed by atoms with Gasteiger partial charge in [-0.3, -0.25) is 4.79 Å². The van der Waals surface area contributed by atoms with E-state index in [0.717, 1.165) is 0 Å². The number of carbonyl (C=O) groups excluding carboxylic acids is 2. The van der Waals surface area contributed by atoms with Crippen molar-refractivity contribution in [2.24, 2.45) is 0 Å². The second-order valence-corrected chi connectivity index (χ2v) is 5.08. The number of carbonyl (C=O) groups is 2. The lowest BCUT2D eigenvalue weighted by Crippen LogP contribution is -2.36. The van der Waals surface area contributed by atoms with Crippen molar-refractivity contribution in [1.29, 1.82) is 0 Å². The summed E-state index contributed by atoms with van der Waals surface area (Å²) in [6.07, 6.45) is 3.58. The quantitative estimate of drug-likeness (QED) is 0.694. The van der Waals surface area contributed by atoms with Crippen molar-refractivity contribution in [2.75, 3.05) is 6.61 Å². The fourth-order valence-corrected chi connectivity index (χ4v) is 2.97. The lowest BCUT2D eigenvalue weighted by molar-refractivity contribution is 0.0826. The van der Waals surface area contributed by atoms with E-state index in [1.165, 1.54) is 24.3 Å². The van der Waals surface area contributed by atoms with Gasteiger partial charge in [-0.2, -0.15) is 0 Å². The first-order valence-electron chi connectivity index (χ1n) is 4.79. The summed E-state index contributed by atoms with van der Waals surface area (Å²) < 4.78 is 28.4. The van der Waals surface area contributed by atoms with Gasteiger partial charge in [-0.1, -0.05) is 18.1 Å². The van der Waals surface area contributed by atoms with E-state index in [0.29, 0.717) is 0 Å². The molecular weight excluding hydrogens is 258 g/mol. The van der Waals surface area contributed by atoms with Crippen LogP contribution in [-0.4, -0.2) is 31.3 Å². The van der Waals surface area contributed by atoms with Gasteiger partial charge in [0.15, 0.2) is 6.61 Å². The van der Waals surface area contributed by atoms with Crippen LogP contribution in [-0.2, 0) is 14.8 Å². The second kappa shape index (κ2) is 4.16. The molecule has 0 unspecified atom stereocenters. The van der Waals surface area contributed by atoms with Gasteiger partial charge >= 0.3 is 6.09 Å². The summed E-state index contributed by atoms with van der Waals surface area (Å²) in [7, 11) is -4.18. The van der Waals surface area contributed by atoms with Gasteiger partial charge in [0.2, 0.25) is 0 Å². The second-order valence-electron chi connectivity index (χ2n) is 3.33. The maximum Gasteiger partial charge on any atom is 0.432 e. The van der Waals surface area contributed by atoms with Crippen molar-refractivity contribution >= 4 is 22.0 Å². The van der Waals surface area contributed by atoms with Crippen LogP contribution in [0.4, 0.5) is 4.79 Å². The topological polar surface area (TPSA) is 80.8 Å². The Labute approximate surface area is 103 Å². The average Bonchev–Trinajstić information content (AvgIpc) is 2.55. The van der Waals surface area contributed by atoms with Gasteiger partial charge in [-0.25, -0.2) is 13.2 Å². The summed E-state index contributed by atoms with van der Waals surface area (Å²) >= 11 is 0. The number of rotatable bonds is 1. The number of ether oxygens (including phenoxy) is 1. The first-order chi connectivity index (χ1) is 8.50. The molecule has 92 valence electrons. The fourth-order valence-electron chi connectivity index (χ4n) is 1.53. The highest BCUT2D eigenvalue weighted by Crippen LogP contribution is 2.30. The van der Waals surface area contributed by atoms with Gasteiger partial charge in [-0.15, -0.1) is 10.7 Å². The Morgan fingerprint density at radius 3 is 2.67 bits per heavy atom. The van der Waals surface area contributed by atoms with Crippen LogP contribution in [0.3, 0.4) is 0 Å². The van der Waals surface area contributed by atoms with E-state index in [1.54, 1.807) is 0 Å². The van der Waals surface area contributed by atoms with Gasteiger partial charge in [0.1, 0.15) is 4.90 Å². The van der Waals surface area contributed by atoms with Crippen LogP contribution in [0.1, 0.15) is 10.4 Å². The van der Waals surface area contributed by atoms with Crippen molar-refractivity contribution in [3.05, 3.63) is 29.8 Å². The third-order valence-electron chi connectivity index (χ3n) is 2.26. The molecule has 0 aliphatic carbocycles. The Hall–Kier alpha value is -2.33. The first-order valence-corrected chi connectivity index (χ1v) is 6.23. The molecule has 0 N–H and O–H groups in total. The summed E-state index contributed by atoms with van der Waals surface area (Å²) in [6.45, 7) is -0.408. The molecule has 0 atom stereocenters. The molecule has 0 saturated heterocycles. The molecule has 1 aromatic rings. The van der Waals surface area contributed by atoms with Crippen LogP contribution in [0.2, 0.25) is 0 Å². The highest BCUT2D eigenvalue weighted by atomic mass is 32.2. The fraction of sp³-hybridized carbons (Fsp3) is 0.0909. The number of imide groups is 1. The Balaban J connectivity index is 2.46. The van der Waals surface area contributed by atoms with Crippen LogP contribution in [0.5, 0.6) is 0 Å². The number of amides is 2. The molecule has 0 fully saturated rings. The molecule has 0 saturated carbocycles. The van der Waals surface area contributed by atoms with Crippen molar-refractivity contribution in [3.63, 3.8) is 0 Å². The van der Waals surface area contributed by atoms with Gasteiger partial charge < -0.3 is 4.74 Å². The highest BCUT2D eigenvalue weighted by Gasteiger charge is 2.46. The molecule has 2 rings (SSSR count). The first kappa shape index (κ1) is 12.1. The van der Waals surface area contributed by atoms with Crippen LogP contribution in [0.15, 0.2) is 29.2 Å². The summed E-state index contributed by atoms with van der Waals surface area (Å²) in [5, 5.41) is 0. The SMILES string of the molecule is C#CCOC(=O)N1C(=O)c2ccccc2S1(=O)=O. The monoisotopic (exact) mass is 265 g/mol. The number of fused-ring (bicyclic) bond motifs is 1. The lowest BCUT2D eigenvalue weighted by atomic mass is 10.2. The minimum Gasteiger partial charge on any atom is -0.435 e. The third-order valence-corrected chi connectivity index (χ3v) is 3.97. The number of benzene rings is 1. The van der Waals surface area contributed by atoms with E-state index in [-0.39, 0.29) is 14.8 Å². The van der Waals surface area contributed by atoms with Gasteiger partial charge in [0, 0.05) is 0 Å². The van der Waals surface area contributed by atoms with E-state index >= 15 is 0 Å². The van der Waals surface area contributed by atoms with Crippen molar-refractivity contribution < 1.29 is 22.7 Å². The minimum absolute atomic E-state index is 0.0600. The predicted molar refractivity (Wildman–Crippen MR) is 60.0 cm³/mol. The molecule has 0 bridgehead atoms. The number of hydrogen-bond acceptors (Lipinski definition) is 5. The Morgan fingerprint density at radius 1 is 1.39 bits per heavy atom. The van der Waals surface area contributed by atoms with E-state index in [9.17, 15) is 18.0 Å². The van der Waals surface area contributed by atoms with Gasteiger partial charge in [-0.05, 0) is 12.1 Å². The average molecular weight is 265 g/mol. The number of sulfonamides is 1. The van der Waals surface area contributed by atoms with Crippen molar-refractivity contribution in [3.8, 4) is 12.3 Å². The maximum atomic E-state index is 12.0. The van der Waals surface area contributed by atoms with E-state index < -0.39 is 28.6 Å². The van der Waals surface area contributed by atoms with Crippen molar-refractivity contribution in [2.45, 2.75) is 4.90 Å². The molecular formula is C11H7NO5S. The molecule has 1 heterocycles. The van der Waals surface area contributed by atoms with Crippen LogP contribution >= 0.6 is 0 Å². The van der Waals surface area contributed by atoms with Gasteiger partial charge in [0.25, 0.3) is 15.9 Å². The summed E-state index contributed by atoms with van der Waals surface area (Å²) in [4.78, 5) is 23.1. The Kier molecular flexibility index (Phi) is 2.80. The zero-order chi connectivity index (χ0) is 13.3. The van der Waals surface area contributed by atoms with E-state index in [4.69, 9.17) is 6.42 Å². The highest BCUT2D eigenvalue weighted by molar-refractivity contribution is 7.90. The smallest absolute Gasteiger partial charge is 0.432 e. The summed E-state index contributed by atoms with van der Waals surface area (Å²) in [5.41, 5.74) is -0.0600. The largest absolute Gasteiger partial charge is 0.435 e. The molecule has 0 aromatic heterocycles. The molecule has 0 radical (unpaired) electrons. The van der Waals surface area contributed by atoms with Gasteiger partial charge in [0.05, 0.1) is 5.56 Å². The number of nitrogens with zero attached hydrogens (tertiary/aromatic N) is 1. The molecule has 7 heteroatoms. The molecule has 18 heavy (non-hydrogen) atoms. The molecule has 1 aromatic carbocycles. The number of hydrogen-bond donors (Lipinski definition) is 0. The Morgan fingerprint density at radius 2 is 2.06 bits per heavy atom. The summed E-state index contributed by atoms with van der Waals surface area (Å²) in [5.74, 6) is 1.07. The molecule has 1 aliphatic heterocycles. The third kappa shape index (κ3) is 1.63. The summed E-state index contributed by atoms with van der Waals surface area (Å²) in [6, 6.07) is 5.53. The zero-order valence-electron chi connectivity index (χ0n) is 8.99. The lowest BCUT2D eigenvalue weighted by Gasteiger charge is -2.11. The standard InChI is InChI=1S/C11H7NO5S/c1-2-7-17-11(14)12-10(13)8-5-3-4-6-9(8)18(12,15)16/h1,3-6H,7H2. The maximum absolute atomic E-state index is 12.0. The number of terminal acetylenes is 1. The molecule has 0 spiro atoms. The predicted octanol–water partition coefficient (Wildman–Crippen LogP) is 0.601. The van der Waals surface area contributed by atoms with Crippen LogP contribution in [0, 0.1) is 12.3 Å². The van der Waals surface area contributed by atoms with Crippen LogP contribution < -0.4 is 0 Å². The Bertz CT molecular complexity index is 671. The van der Waals surface area contributed by atoms with E-state index in [2.05, 4.69) is 4.74 Å². The van der Waals surface area contributed by atoms with Crippen molar-refractivity contribution in [1.82, 2.24) is 4.31 Å². The zero-order valence-corrected chi connectivity index (χ0v) is 9.81. The van der Waals surface area contributed by atoms with E-state index in [1.807, 2.05) is 5.92 Å².